The Bertz CT molecular complexity index is 1350. The zero-order valence-corrected chi connectivity index (χ0v) is 20.6. The lowest BCUT2D eigenvalue weighted by Gasteiger charge is -2.20. The van der Waals surface area contributed by atoms with Gasteiger partial charge in [0.15, 0.2) is 0 Å². The number of rotatable bonds is 7. The van der Waals surface area contributed by atoms with Crippen LogP contribution in [0, 0.1) is 13.8 Å². The van der Waals surface area contributed by atoms with Crippen LogP contribution >= 0.6 is 11.6 Å². The number of imidazole rings is 1. The number of hydrogen-bond acceptors (Lipinski definition) is 4. The topological polar surface area (TPSA) is 67.6 Å². The first-order chi connectivity index (χ1) is 16.9. The van der Waals surface area contributed by atoms with Gasteiger partial charge in [-0.15, -0.1) is 0 Å². The predicted octanol–water partition coefficient (Wildman–Crippen LogP) is 5.27. The van der Waals surface area contributed by atoms with E-state index in [2.05, 4.69) is 0 Å². The molecule has 1 saturated heterocycles. The number of aryl methyl sites for hydroxylation is 2. The van der Waals surface area contributed by atoms with Crippen molar-refractivity contribution in [3.05, 3.63) is 88.7 Å². The molecule has 1 amide bonds. The zero-order valence-electron chi connectivity index (χ0n) is 19.8. The van der Waals surface area contributed by atoms with E-state index >= 15 is 0 Å². The lowest BCUT2D eigenvalue weighted by atomic mass is 10.1. The number of halogens is 1. The molecule has 2 heterocycles. The summed E-state index contributed by atoms with van der Waals surface area (Å²) in [6.07, 6.45) is -0.379. The molecule has 1 fully saturated rings. The molecular weight excluding hydrogens is 462 g/mol. The summed E-state index contributed by atoms with van der Waals surface area (Å²) in [5, 5.41) is 11.6. The number of aliphatic hydroxyl groups excluding tert-OH is 1. The smallest absolute Gasteiger partial charge is 0.227 e. The molecule has 0 aliphatic carbocycles. The fourth-order valence-corrected chi connectivity index (χ4v) is 4.94. The SMILES string of the molecule is Cc1cccc(C)c1OC[C@H](O)Cn1c([C@H]2CC(=O)N(c3ccc(Cl)cc3)C2)nc2ccccc21. The van der Waals surface area contributed by atoms with Crippen LogP contribution in [0.5, 0.6) is 5.75 Å². The molecule has 5 rings (SSSR count). The Labute approximate surface area is 209 Å². The first-order valence-corrected chi connectivity index (χ1v) is 12.2. The number of nitrogens with zero attached hydrogens (tertiary/aromatic N) is 3. The van der Waals surface area contributed by atoms with Crippen molar-refractivity contribution in [1.29, 1.82) is 0 Å². The molecule has 1 aromatic heterocycles. The third-order valence-electron chi connectivity index (χ3n) is 6.53. The predicted molar refractivity (Wildman–Crippen MR) is 138 cm³/mol. The molecule has 1 aliphatic rings. The van der Waals surface area contributed by atoms with Gasteiger partial charge < -0.3 is 19.3 Å². The van der Waals surface area contributed by atoms with Crippen molar-refractivity contribution in [2.24, 2.45) is 0 Å². The van der Waals surface area contributed by atoms with Crippen LogP contribution in [-0.4, -0.2) is 39.8 Å². The normalized spacial score (nSPS) is 16.7. The summed E-state index contributed by atoms with van der Waals surface area (Å²) in [6, 6.07) is 21.2. The van der Waals surface area contributed by atoms with Crippen LogP contribution in [0.3, 0.4) is 0 Å². The van der Waals surface area contributed by atoms with Crippen LogP contribution in [0.1, 0.15) is 29.3 Å². The van der Waals surface area contributed by atoms with Crippen molar-refractivity contribution in [1.82, 2.24) is 9.55 Å². The number of carbonyl (C=O) groups is 1. The Morgan fingerprint density at radius 2 is 1.77 bits per heavy atom. The van der Waals surface area contributed by atoms with Crippen molar-refractivity contribution < 1.29 is 14.6 Å². The molecule has 35 heavy (non-hydrogen) atoms. The van der Waals surface area contributed by atoms with E-state index in [1.165, 1.54) is 0 Å². The third kappa shape index (κ3) is 4.77. The van der Waals surface area contributed by atoms with Crippen molar-refractivity contribution in [2.75, 3.05) is 18.1 Å². The second-order valence-electron chi connectivity index (χ2n) is 9.14. The van der Waals surface area contributed by atoms with Crippen LogP contribution < -0.4 is 9.64 Å². The van der Waals surface area contributed by atoms with Gasteiger partial charge in [0.1, 0.15) is 24.3 Å². The number of aromatic nitrogens is 2. The summed E-state index contributed by atoms with van der Waals surface area (Å²) in [5.74, 6) is 1.58. The van der Waals surface area contributed by atoms with E-state index in [0.717, 1.165) is 39.4 Å². The molecule has 6 nitrogen and oxygen atoms in total. The van der Waals surface area contributed by atoms with Gasteiger partial charge in [0, 0.05) is 29.6 Å². The van der Waals surface area contributed by atoms with Crippen LogP contribution in [0.25, 0.3) is 11.0 Å². The van der Waals surface area contributed by atoms with Crippen LogP contribution in [0.15, 0.2) is 66.7 Å². The highest BCUT2D eigenvalue weighted by atomic mass is 35.5. The van der Waals surface area contributed by atoms with E-state index in [1.54, 1.807) is 17.0 Å². The molecule has 0 unspecified atom stereocenters. The standard InChI is InChI=1S/C28H28ClN3O3/c1-18-6-5-7-19(2)27(18)35-17-23(33)16-32-25-9-4-3-8-24(25)30-28(32)20-14-26(34)31(15-20)22-12-10-21(29)11-13-22/h3-13,20,23,33H,14-17H2,1-2H3/t20-,23+/m0/s1. The van der Waals surface area contributed by atoms with Gasteiger partial charge >= 0.3 is 0 Å². The molecule has 2 atom stereocenters. The molecule has 4 aromatic rings. The molecule has 0 radical (unpaired) electrons. The summed E-state index contributed by atoms with van der Waals surface area (Å²) in [6.45, 7) is 5.02. The minimum atomic E-state index is -0.741. The number of ether oxygens (including phenoxy) is 1. The average Bonchev–Trinajstić information content (AvgIpc) is 3.40. The quantitative estimate of drug-likeness (QED) is 0.384. The summed E-state index contributed by atoms with van der Waals surface area (Å²) < 4.78 is 8.04. The maximum absolute atomic E-state index is 12.9. The molecular formula is C28H28ClN3O3. The molecule has 3 aromatic carbocycles. The van der Waals surface area contributed by atoms with E-state index in [-0.39, 0.29) is 18.4 Å². The Morgan fingerprint density at radius 3 is 2.51 bits per heavy atom. The number of benzene rings is 3. The third-order valence-corrected chi connectivity index (χ3v) is 6.79. The summed E-state index contributed by atoms with van der Waals surface area (Å²) in [7, 11) is 0. The second-order valence-corrected chi connectivity index (χ2v) is 9.57. The molecule has 180 valence electrons. The molecule has 0 saturated carbocycles. The largest absolute Gasteiger partial charge is 0.490 e. The van der Waals surface area contributed by atoms with Crippen molar-refractivity contribution in [2.45, 2.75) is 38.8 Å². The molecule has 0 bridgehead atoms. The van der Waals surface area contributed by atoms with Crippen molar-refractivity contribution in [3.63, 3.8) is 0 Å². The van der Waals surface area contributed by atoms with Gasteiger partial charge in [-0.25, -0.2) is 4.98 Å². The summed E-state index contributed by atoms with van der Waals surface area (Å²) >= 11 is 6.02. The number of anilines is 1. The lowest BCUT2D eigenvalue weighted by molar-refractivity contribution is -0.117. The number of hydrogen-bond donors (Lipinski definition) is 1. The lowest BCUT2D eigenvalue weighted by Crippen LogP contribution is -2.26. The maximum atomic E-state index is 12.9. The van der Waals surface area contributed by atoms with Crippen LogP contribution in [-0.2, 0) is 11.3 Å². The minimum Gasteiger partial charge on any atom is -0.490 e. The average molecular weight is 490 g/mol. The zero-order chi connectivity index (χ0) is 24.5. The van der Waals surface area contributed by atoms with Gasteiger partial charge in [0.05, 0.1) is 17.6 Å². The van der Waals surface area contributed by atoms with E-state index < -0.39 is 6.10 Å². The fraction of sp³-hybridized carbons (Fsp3) is 0.286. The van der Waals surface area contributed by atoms with Crippen LogP contribution in [0.4, 0.5) is 5.69 Å². The molecule has 7 heteroatoms. The van der Waals surface area contributed by atoms with E-state index in [0.29, 0.717) is 24.5 Å². The second kappa shape index (κ2) is 9.72. The number of aliphatic hydroxyl groups is 1. The minimum absolute atomic E-state index is 0.0508. The van der Waals surface area contributed by atoms with E-state index in [9.17, 15) is 9.90 Å². The molecule has 0 spiro atoms. The highest BCUT2D eigenvalue weighted by Gasteiger charge is 2.35. The highest BCUT2D eigenvalue weighted by molar-refractivity contribution is 6.30. The van der Waals surface area contributed by atoms with Gasteiger partial charge in [0.25, 0.3) is 0 Å². The first-order valence-electron chi connectivity index (χ1n) is 11.8. The first kappa shape index (κ1) is 23.4. The van der Waals surface area contributed by atoms with Gasteiger partial charge in [-0.2, -0.15) is 0 Å². The van der Waals surface area contributed by atoms with Gasteiger partial charge in [-0.05, 0) is 61.4 Å². The number of fused-ring (bicyclic) bond motifs is 1. The Balaban J connectivity index is 1.39. The van der Waals surface area contributed by atoms with Gasteiger partial charge in [-0.1, -0.05) is 41.9 Å². The maximum Gasteiger partial charge on any atom is 0.227 e. The Hall–Kier alpha value is -3.35. The molecule has 1 N–H and O–H groups in total. The fourth-order valence-electron chi connectivity index (χ4n) is 4.82. The van der Waals surface area contributed by atoms with Crippen LogP contribution in [0.2, 0.25) is 5.02 Å². The number of para-hydroxylation sites is 3. The molecule has 1 aliphatic heterocycles. The Kier molecular flexibility index (Phi) is 6.50. The highest BCUT2D eigenvalue weighted by Crippen LogP contribution is 2.34. The number of carbonyl (C=O) groups excluding carboxylic acids is 1. The van der Waals surface area contributed by atoms with Crippen molar-refractivity contribution in [3.8, 4) is 5.75 Å². The van der Waals surface area contributed by atoms with E-state index in [4.69, 9.17) is 21.3 Å². The summed E-state index contributed by atoms with van der Waals surface area (Å²) in [4.78, 5) is 19.6. The van der Waals surface area contributed by atoms with Gasteiger partial charge in [0.2, 0.25) is 5.91 Å². The van der Waals surface area contributed by atoms with Crippen molar-refractivity contribution >= 4 is 34.2 Å². The summed E-state index contributed by atoms with van der Waals surface area (Å²) in [5.41, 5.74) is 4.69. The Morgan fingerprint density at radius 1 is 1.06 bits per heavy atom. The van der Waals surface area contributed by atoms with E-state index in [1.807, 2.05) is 73.0 Å². The van der Waals surface area contributed by atoms with Gasteiger partial charge in [-0.3, -0.25) is 4.79 Å². The number of amides is 1. The monoisotopic (exact) mass is 489 g/mol.